The van der Waals surface area contributed by atoms with E-state index in [2.05, 4.69) is 10.2 Å². The Balaban J connectivity index is 2.56. The summed E-state index contributed by atoms with van der Waals surface area (Å²) in [5.41, 5.74) is 0.849. The molecule has 1 aromatic carbocycles. The minimum absolute atomic E-state index is 0.214. The van der Waals surface area contributed by atoms with E-state index in [4.69, 9.17) is 12.2 Å². The summed E-state index contributed by atoms with van der Waals surface area (Å²) in [7, 11) is 0. The van der Waals surface area contributed by atoms with Crippen LogP contribution in [0.5, 0.6) is 0 Å². The molecule has 1 aromatic heterocycles. The molecule has 0 atom stereocenters. The Bertz CT molecular complexity index is 539. The van der Waals surface area contributed by atoms with Crippen LogP contribution in [0.2, 0.25) is 0 Å². The van der Waals surface area contributed by atoms with E-state index in [0.717, 1.165) is 11.4 Å². The zero-order valence-electron chi connectivity index (χ0n) is 9.07. The van der Waals surface area contributed by atoms with Gasteiger partial charge in [-0.1, -0.05) is 0 Å². The maximum Gasteiger partial charge on any atom is 0.195 e. The Hall–Kier alpha value is -1.49. The zero-order valence-corrected chi connectivity index (χ0v) is 9.88. The molecule has 0 saturated heterocycles. The fraction of sp³-hybridized carbons (Fsp3) is 0.273. The van der Waals surface area contributed by atoms with E-state index in [-0.39, 0.29) is 11.9 Å². The first kappa shape index (κ1) is 11.0. The quantitative estimate of drug-likeness (QED) is 0.813. The van der Waals surface area contributed by atoms with E-state index in [9.17, 15) is 4.39 Å². The standard InChI is InChI=1S/C11H12FN3S/c1-7(2)15-10(13-14-11(15)16)8-3-5-9(12)6-4-8/h3-7H,1-2H3,(H,14,16). The molecule has 0 bridgehead atoms. The molecular formula is C11H12FN3S. The smallest absolute Gasteiger partial charge is 0.195 e. The van der Waals surface area contributed by atoms with E-state index in [1.165, 1.54) is 12.1 Å². The van der Waals surface area contributed by atoms with Crippen LogP contribution in [-0.2, 0) is 0 Å². The predicted molar refractivity (Wildman–Crippen MR) is 63.2 cm³/mol. The molecule has 0 spiro atoms. The van der Waals surface area contributed by atoms with Crippen LogP contribution < -0.4 is 0 Å². The van der Waals surface area contributed by atoms with E-state index in [1.54, 1.807) is 12.1 Å². The van der Waals surface area contributed by atoms with Crippen molar-refractivity contribution in [3.8, 4) is 11.4 Å². The lowest BCUT2D eigenvalue weighted by Crippen LogP contribution is -2.03. The summed E-state index contributed by atoms with van der Waals surface area (Å²) >= 11 is 5.15. The number of aromatic nitrogens is 3. The maximum absolute atomic E-state index is 12.8. The molecule has 0 aliphatic rings. The topological polar surface area (TPSA) is 33.6 Å². The molecule has 1 heterocycles. The number of rotatable bonds is 2. The van der Waals surface area contributed by atoms with Crippen LogP contribution in [0.4, 0.5) is 4.39 Å². The number of halogens is 1. The van der Waals surface area contributed by atoms with Gasteiger partial charge in [0, 0.05) is 11.6 Å². The molecule has 16 heavy (non-hydrogen) atoms. The van der Waals surface area contributed by atoms with Gasteiger partial charge in [0.05, 0.1) is 0 Å². The Morgan fingerprint density at radius 2 is 1.94 bits per heavy atom. The fourth-order valence-corrected chi connectivity index (χ4v) is 1.93. The predicted octanol–water partition coefficient (Wildman–Crippen LogP) is 3.33. The van der Waals surface area contributed by atoms with Crippen molar-refractivity contribution in [2.24, 2.45) is 0 Å². The van der Waals surface area contributed by atoms with Crippen LogP contribution in [0.15, 0.2) is 24.3 Å². The van der Waals surface area contributed by atoms with Gasteiger partial charge in [0.25, 0.3) is 0 Å². The summed E-state index contributed by atoms with van der Waals surface area (Å²) in [6.07, 6.45) is 0. The second-order valence-corrected chi connectivity index (χ2v) is 4.21. The van der Waals surface area contributed by atoms with Gasteiger partial charge in [-0.15, -0.1) is 0 Å². The highest BCUT2D eigenvalue weighted by molar-refractivity contribution is 7.71. The third-order valence-electron chi connectivity index (χ3n) is 2.32. The highest BCUT2D eigenvalue weighted by Crippen LogP contribution is 2.20. The second kappa shape index (κ2) is 4.17. The zero-order chi connectivity index (χ0) is 11.7. The minimum atomic E-state index is -0.256. The lowest BCUT2D eigenvalue weighted by Gasteiger charge is -2.09. The van der Waals surface area contributed by atoms with Crippen LogP contribution in [0, 0.1) is 10.6 Å². The first-order chi connectivity index (χ1) is 7.59. The van der Waals surface area contributed by atoms with Gasteiger partial charge in [0.1, 0.15) is 5.82 Å². The van der Waals surface area contributed by atoms with E-state index in [0.29, 0.717) is 4.77 Å². The van der Waals surface area contributed by atoms with E-state index in [1.807, 2.05) is 18.4 Å². The molecule has 1 N–H and O–H groups in total. The number of hydrogen-bond donors (Lipinski definition) is 1. The van der Waals surface area contributed by atoms with Gasteiger partial charge < -0.3 is 0 Å². The summed E-state index contributed by atoms with van der Waals surface area (Å²) < 4.78 is 15.3. The van der Waals surface area contributed by atoms with Gasteiger partial charge in [0.2, 0.25) is 0 Å². The number of nitrogens with one attached hydrogen (secondary N) is 1. The van der Waals surface area contributed by atoms with Gasteiger partial charge in [-0.25, -0.2) is 4.39 Å². The van der Waals surface area contributed by atoms with Gasteiger partial charge in [-0.2, -0.15) is 5.10 Å². The normalized spacial score (nSPS) is 11.0. The van der Waals surface area contributed by atoms with Crippen molar-refractivity contribution in [3.05, 3.63) is 34.9 Å². The molecule has 0 fully saturated rings. The number of benzene rings is 1. The monoisotopic (exact) mass is 237 g/mol. The lowest BCUT2D eigenvalue weighted by atomic mass is 10.2. The van der Waals surface area contributed by atoms with Gasteiger partial charge in [-0.3, -0.25) is 9.67 Å². The molecule has 0 amide bonds. The third kappa shape index (κ3) is 1.90. The molecular weight excluding hydrogens is 225 g/mol. The van der Waals surface area contributed by atoms with E-state index >= 15 is 0 Å². The van der Waals surface area contributed by atoms with Crippen molar-refractivity contribution in [2.75, 3.05) is 0 Å². The van der Waals surface area contributed by atoms with Crippen LogP contribution in [-0.4, -0.2) is 14.8 Å². The largest absolute Gasteiger partial charge is 0.298 e. The van der Waals surface area contributed by atoms with Gasteiger partial charge >= 0.3 is 0 Å². The van der Waals surface area contributed by atoms with Crippen LogP contribution in [0.3, 0.4) is 0 Å². The SMILES string of the molecule is CC(C)n1c(-c2ccc(F)cc2)n[nH]c1=S. The molecule has 0 aliphatic carbocycles. The molecule has 5 heteroatoms. The highest BCUT2D eigenvalue weighted by atomic mass is 32.1. The van der Waals surface area contributed by atoms with Crippen LogP contribution in [0.25, 0.3) is 11.4 Å². The summed E-state index contributed by atoms with van der Waals surface area (Å²) in [6.45, 7) is 4.05. The van der Waals surface area contributed by atoms with Crippen molar-refractivity contribution < 1.29 is 4.39 Å². The summed E-state index contributed by atoms with van der Waals surface area (Å²) in [4.78, 5) is 0. The summed E-state index contributed by atoms with van der Waals surface area (Å²) in [6, 6.07) is 6.43. The molecule has 0 aliphatic heterocycles. The Morgan fingerprint density at radius 1 is 1.31 bits per heavy atom. The average molecular weight is 237 g/mol. The van der Waals surface area contributed by atoms with Crippen LogP contribution in [0.1, 0.15) is 19.9 Å². The molecule has 3 nitrogen and oxygen atoms in total. The summed E-state index contributed by atoms with van der Waals surface area (Å²) in [5.74, 6) is 0.481. The van der Waals surface area contributed by atoms with Crippen molar-refractivity contribution in [3.63, 3.8) is 0 Å². The van der Waals surface area contributed by atoms with Crippen molar-refractivity contribution in [1.29, 1.82) is 0 Å². The van der Waals surface area contributed by atoms with Crippen molar-refractivity contribution in [1.82, 2.24) is 14.8 Å². The number of nitrogens with zero attached hydrogens (tertiary/aromatic N) is 2. The summed E-state index contributed by atoms with van der Waals surface area (Å²) in [5, 5.41) is 6.91. The lowest BCUT2D eigenvalue weighted by molar-refractivity contribution is 0.596. The molecule has 84 valence electrons. The first-order valence-electron chi connectivity index (χ1n) is 5.02. The minimum Gasteiger partial charge on any atom is -0.298 e. The Morgan fingerprint density at radius 3 is 2.50 bits per heavy atom. The third-order valence-corrected chi connectivity index (χ3v) is 2.61. The fourth-order valence-electron chi connectivity index (χ4n) is 1.59. The molecule has 0 unspecified atom stereocenters. The highest BCUT2D eigenvalue weighted by Gasteiger charge is 2.10. The number of hydrogen-bond acceptors (Lipinski definition) is 2. The first-order valence-corrected chi connectivity index (χ1v) is 5.43. The van der Waals surface area contributed by atoms with Crippen molar-refractivity contribution in [2.45, 2.75) is 19.9 Å². The van der Waals surface area contributed by atoms with Crippen molar-refractivity contribution >= 4 is 12.2 Å². The Labute approximate surface area is 97.9 Å². The second-order valence-electron chi connectivity index (χ2n) is 3.82. The van der Waals surface area contributed by atoms with E-state index < -0.39 is 0 Å². The average Bonchev–Trinajstić information content (AvgIpc) is 2.61. The number of aromatic amines is 1. The molecule has 0 radical (unpaired) electrons. The van der Waals surface area contributed by atoms with Gasteiger partial charge in [0.15, 0.2) is 10.6 Å². The molecule has 2 aromatic rings. The van der Waals surface area contributed by atoms with Gasteiger partial charge in [-0.05, 0) is 50.3 Å². The number of H-pyrrole nitrogens is 1. The maximum atomic E-state index is 12.8. The Kier molecular flexibility index (Phi) is 2.87. The molecule has 2 rings (SSSR count). The van der Waals surface area contributed by atoms with Crippen LogP contribution >= 0.6 is 12.2 Å². The molecule has 0 saturated carbocycles.